The van der Waals surface area contributed by atoms with E-state index >= 15 is 0 Å². The van der Waals surface area contributed by atoms with E-state index in [4.69, 9.17) is 0 Å². The summed E-state index contributed by atoms with van der Waals surface area (Å²) in [6.07, 6.45) is 3.17. The van der Waals surface area contributed by atoms with E-state index in [0.29, 0.717) is 12.0 Å². The number of rotatable bonds is 6. The van der Waals surface area contributed by atoms with Crippen LogP contribution in [-0.4, -0.2) is 29.9 Å². The van der Waals surface area contributed by atoms with Crippen LogP contribution in [0.1, 0.15) is 44.7 Å². The van der Waals surface area contributed by atoms with Crippen LogP contribution in [0.3, 0.4) is 0 Å². The summed E-state index contributed by atoms with van der Waals surface area (Å²) < 4.78 is 0. The van der Waals surface area contributed by atoms with Crippen molar-refractivity contribution in [3.63, 3.8) is 0 Å². The highest BCUT2D eigenvalue weighted by molar-refractivity contribution is 5.80. The van der Waals surface area contributed by atoms with E-state index in [1.807, 2.05) is 6.07 Å². The topological polar surface area (TPSA) is 32.3 Å². The van der Waals surface area contributed by atoms with Gasteiger partial charge < -0.3 is 5.32 Å². The summed E-state index contributed by atoms with van der Waals surface area (Å²) in [5.74, 6) is 1.54. The second-order valence-electron chi connectivity index (χ2n) is 10.4. The van der Waals surface area contributed by atoms with Crippen LogP contribution in [-0.2, 0) is 17.8 Å². The maximum atomic E-state index is 13.4. The second kappa shape index (κ2) is 8.93. The number of nitrogens with zero attached hydrogens (tertiary/aromatic N) is 1. The molecule has 0 aromatic heterocycles. The summed E-state index contributed by atoms with van der Waals surface area (Å²) in [7, 11) is 0. The van der Waals surface area contributed by atoms with Gasteiger partial charge in [-0.3, -0.25) is 9.69 Å². The predicted molar refractivity (Wildman–Crippen MR) is 123 cm³/mol. The quantitative estimate of drug-likeness (QED) is 0.741. The van der Waals surface area contributed by atoms with Gasteiger partial charge in [-0.05, 0) is 47.6 Å². The molecule has 0 spiro atoms. The molecule has 3 heteroatoms. The lowest BCUT2D eigenvalue weighted by Gasteiger charge is -2.32. The van der Waals surface area contributed by atoms with Crippen LogP contribution in [0.15, 0.2) is 60.7 Å². The first-order valence-corrected chi connectivity index (χ1v) is 11.5. The van der Waals surface area contributed by atoms with Crippen molar-refractivity contribution in [3.05, 3.63) is 71.8 Å². The van der Waals surface area contributed by atoms with Crippen molar-refractivity contribution < 1.29 is 4.79 Å². The first kappa shape index (κ1) is 21.1. The van der Waals surface area contributed by atoms with Crippen molar-refractivity contribution in [3.8, 4) is 0 Å². The number of fused-ring (bicyclic) bond motifs is 1. The number of benzene rings is 2. The molecule has 4 rings (SSSR count). The van der Waals surface area contributed by atoms with E-state index in [0.717, 1.165) is 31.8 Å². The van der Waals surface area contributed by atoms with Crippen LogP contribution < -0.4 is 5.32 Å². The standard InChI is InChI=1S/C27H36N2O/c1-27(2,3)24(16-20-10-6-4-7-11-20)26(30)28-25-15-14-22-18-29(19-23(22)25)17-21-12-8-5-9-13-21/h4-13,22-25H,14-19H2,1-3H3,(H,28,30). The van der Waals surface area contributed by atoms with Gasteiger partial charge in [-0.15, -0.1) is 0 Å². The van der Waals surface area contributed by atoms with E-state index in [1.54, 1.807) is 0 Å². The van der Waals surface area contributed by atoms with E-state index in [9.17, 15) is 4.79 Å². The monoisotopic (exact) mass is 404 g/mol. The van der Waals surface area contributed by atoms with Gasteiger partial charge in [0.15, 0.2) is 0 Å². The SMILES string of the molecule is CC(C)(C)C(Cc1ccccc1)C(=O)NC1CCC2CN(Cc3ccccc3)CC21. The zero-order valence-electron chi connectivity index (χ0n) is 18.7. The van der Waals surface area contributed by atoms with Crippen molar-refractivity contribution in [1.29, 1.82) is 0 Å². The minimum Gasteiger partial charge on any atom is -0.353 e. The summed E-state index contributed by atoms with van der Waals surface area (Å²) in [5.41, 5.74) is 2.56. The Kier molecular flexibility index (Phi) is 6.29. The fourth-order valence-corrected chi connectivity index (χ4v) is 5.43. The molecule has 1 amide bonds. The third-order valence-corrected chi connectivity index (χ3v) is 7.15. The molecule has 1 aliphatic carbocycles. The zero-order chi connectivity index (χ0) is 21.1. The van der Waals surface area contributed by atoms with Gasteiger partial charge in [-0.1, -0.05) is 81.4 Å². The molecule has 1 N–H and O–H groups in total. The molecule has 2 aromatic carbocycles. The Labute approximate surface area is 181 Å². The van der Waals surface area contributed by atoms with Crippen molar-refractivity contribution in [2.24, 2.45) is 23.2 Å². The van der Waals surface area contributed by atoms with Gasteiger partial charge >= 0.3 is 0 Å². The summed E-state index contributed by atoms with van der Waals surface area (Å²) >= 11 is 0. The molecule has 2 aliphatic rings. The normalized spacial score (nSPS) is 25.1. The predicted octanol–water partition coefficient (Wildman–Crippen LogP) is 4.92. The van der Waals surface area contributed by atoms with Gasteiger partial charge in [0.25, 0.3) is 0 Å². The van der Waals surface area contributed by atoms with Gasteiger partial charge in [-0.2, -0.15) is 0 Å². The molecule has 4 unspecified atom stereocenters. The van der Waals surface area contributed by atoms with Crippen molar-refractivity contribution in [2.75, 3.05) is 13.1 Å². The summed E-state index contributed by atoms with van der Waals surface area (Å²) in [6.45, 7) is 9.85. The maximum absolute atomic E-state index is 13.4. The molecule has 2 aromatic rings. The second-order valence-corrected chi connectivity index (χ2v) is 10.4. The summed E-state index contributed by atoms with van der Waals surface area (Å²) in [5, 5.41) is 3.50. The smallest absolute Gasteiger partial charge is 0.224 e. The van der Waals surface area contributed by atoms with Crippen LogP contribution in [0, 0.1) is 23.2 Å². The molecule has 4 atom stereocenters. The van der Waals surface area contributed by atoms with E-state index in [1.165, 1.54) is 24.1 Å². The Morgan fingerprint density at radius 1 is 0.967 bits per heavy atom. The van der Waals surface area contributed by atoms with Crippen LogP contribution in [0.25, 0.3) is 0 Å². The van der Waals surface area contributed by atoms with E-state index in [-0.39, 0.29) is 17.2 Å². The number of hydrogen-bond acceptors (Lipinski definition) is 2. The Bertz CT molecular complexity index is 827. The molecule has 1 saturated carbocycles. The molecule has 0 radical (unpaired) electrons. The largest absolute Gasteiger partial charge is 0.353 e. The fourth-order valence-electron chi connectivity index (χ4n) is 5.43. The van der Waals surface area contributed by atoms with Crippen molar-refractivity contribution >= 4 is 5.91 Å². The van der Waals surface area contributed by atoms with Crippen LogP contribution in [0.2, 0.25) is 0 Å². The summed E-state index contributed by atoms with van der Waals surface area (Å²) in [4.78, 5) is 16.0. The number of likely N-dealkylation sites (tertiary alicyclic amines) is 1. The lowest BCUT2D eigenvalue weighted by Crippen LogP contribution is -2.46. The molecule has 1 heterocycles. The van der Waals surface area contributed by atoms with E-state index < -0.39 is 0 Å². The molecule has 160 valence electrons. The van der Waals surface area contributed by atoms with Gasteiger partial charge in [0.05, 0.1) is 0 Å². The molecule has 30 heavy (non-hydrogen) atoms. The highest BCUT2D eigenvalue weighted by Crippen LogP contribution is 2.39. The molecule has 3 nitrogen and oxygen atoms in total. The molecule has 1 aliphatic heterocycles. The highest BCUT2D eigenvalue weighted by Gasteiger charge is 2.44. The van der Waals surface area contributed by atoms with E-state index in [2.05, 4.69) is 85.6 Å². The number of carbonyl (C=O) groups is 1. The average Bonchev–Trinajstić information content (AvgIpc) is 3.28. The van der Waals surface area contributed by atoms with Gasteiger partial charge in [0.1, 0.15) is 0 Å². The van der Waals surface area contributed by atoms with Crippen molar-refractivity contribution in [1.82, 2.24) is 10.2 Å². The van der Waals surface area contributed by atoms with Crippen LogP contribution in [0.4, 0.5) is 0 Å². The lowest BCUT2D eigenvalue weighted by molar-refractivity contribution is -0.129. The molecule has 2 fully saturated rings. The van der Waals surface area contributed by atoms with Crippen LogP contribution >= 0.6 is 0 Å². The van der Waals surface area contributed by atoms with Gasteiger partial charge in [-0.25, -0.2) is 0 Å². The number of amides is 1. The Balaban J connectivity index is 1.38. The Hall–Kier alpha value is -2.13. The van der Waals surface area contributed by atoms with Crippen LogP contribution in [0.5, 0.6) is 0 Å². The number of carbonyl (C=O) groups excluding carboxylic acids is 1. The van der Waals surface area contributed by atoms with Crippen molar-refractivity contribution in [2.45, 2.75) is 52.6 Å². The maximum Gasteiger partial charge on any atom is 0.224 e. The Morgan fingerprint density at radius 2 is 1.60 bits per heavy atom. The average molecular weight is 405 g/mol. The minimum absolute atomic E-state index is 0.0132. The zero-order valence-corrected chi connectivity index (χ0v) is 18.7. The molecule has 0 bridgehead atoms. The molecule has 1 saturated heterocycles. The first-order valence-electron chi connectivity index (χ1n) is 11.5. The number of nitrogens with one attached hydrogen (secondary N) is 1. The Morgan fingerprint density at radius 3 is 2.23 bits per heavy atom. The summed E-state index contributed by atoms with van der Waals surface area (Å²) in [6, 6.07) is 21.5. The van der Waals surface area contributed by atoms with Gasteiger partial charge in [0.2, 0.25) is 5.91 Å². The number of hydrogen-bond donors (Lipinski definition) is 1. The third kappa shape index (κ3) is 4.95. The van der Waals surface area contributed by atoms with Gasteiger partial charge in [0, 0.05) is 31.6 Å². The molecular formula is C27H36N2O. The minimum atomic E-state index is -0.0625. The lowest BCUT2D eigenvalue weighted by atomic mass is 9.76. The third-order valence-electron chi connectivity index (χ3n) is 7.15. The fraction of sp³-hybridized carbons (Fsp3) is 0.519. The molecular weight excluding hydrogens is 368 g/mol. The highest BCUT2D eigenvalue weighted by atomic mass is 16.2. The first-order chi connectivity index (χ1) is 14.4.